The van der Waals surface area contributed by atoms with E-state index in [9.17, 15) is 14.4 Å². The quantitative estimate of drug-likeness (QED) is 0.624. The maximum absolute atomic E-state index is 12.4. The Balaban J connectivity index is 1.75. The molecule has 27 heavy (non-hydrogen) atoms. The molecular formula is C20H19NO5S. The highest BCUT2D eigenvalue weighted by Crippen LogP contribution is 2.36. The number of anilines is 1. The van der Waals surface area contributed by atoms with Crippen molar-refractivity contribution in [1.82, 2.24) is 0 Å². The third-order valence-corrected chi connectivity index (χ3v) is 5.37. The minimum Gasteiger partial charge on any atom is -0.496 e. The van der Waals surface area contributed by atoms with Gasteiger partial charge in [-0.2, -0.15) is 0 Å². The van der Waals surface area contributed by atoms with Crippen LogP contribution in [0.5, 0.6) is 5.75 Å². The van der Waals surface area contributed by atoms with Crippen molar-refractivity contribution in [3.63, 3.8) is 0 Å². The van der Waals surface area contributed by atoms with Crippen molar-refractivity contribution in [3.8, 4) is 5.75 Å². The number of amides is 1. The highest BCUT2D eigenvalue weighted by atomic mass is 32.2. The Hall–Kier alpha value is -2.80. The molecule has 0 fully saturated rings. The summed E-state index contributed by atoms with van der Waals surface area (Å²) >= 11 is 1.45. The monoisotopic (exact) mass is 385 g/mol. The predicted octanol–water partition coefficient (Wildman–Crippen LogP) is 3.69. The van der Waals surface area contributed by atoms with Gasteiger partial charge in [0, 0.05) is 16.0 Å². The normalized spacial score (nSPS) is 15.5. The van der Waals surface area contributed by atoms with E-state index in [4.69, 9.17) is 9.47 Å². The number of carbonyl (C=O) groups is 3. The van der Waals surface area contributed by atoms with Gasteiger partial charge in [-0.25, -0.2) is 4.79 Å². The maximum atomic E-state index is 12.4. The smallest absolute Gasteiger partial charge is 0.338 e. The summed E-state index contributed by atoms with van der Waals surface area (Å²) < 4.78 is 10.6. The molecule has 1 atom stereocenters. The molecule has 0 saturated carbocycles. The number of Topliss-reactive ketones (excluding diaryl/α,β-unsaturated/α-hetero) is 1. The van der Waals surface area contributed by atoms with Crippen LogP contribution in [-0.2, 0) is 16.1 Å². The van der Waals surface area contributed by atoms with E-state index in [-0.39, 0.29) is 23.5 Å². The lowest BCUT2D eigenvalue weighted by Gasteiger charge is -2.21. The summed E-state index contributed by atoms with van der Waals surface area (Å²) in [4.78, 5) is 36.7. The van der Waals surface area contributed by atoms with Gasteiger partial charge < -0.3 is 14.8 Å². The molecule has 0 bridgehead atoms. The fraction of sp³-hybridized carbons (Fsp3) is 0.250. The van der Waals surface area contributed by atoms with Crippen LogP contribution in [0.15, 0.2) is 41.3 Å². The number of rotatable bonds is 5. The van der Waals surface area contributed by atoms with Crippen molar-refractivity contribution in [2.24, 2.45) is 0 Å². The summed E-state index contributed by atoms with van der Waals surface area (Å²) in [6.45, 7) is 3.27. The van der Waals surface area contributed by atoms with E-state index in [2.05, 4.69) is 5.32 Å². The van der Waals surface area contributed by atoms with Crippen molar-refractivity contribution >= 4 is 35.1 Å². The number of esters is 1. The van der Waals surface area contributed by atoms with Crippen molar-refractivity contribution in [2.75, 3.05) is 12.4 Å². The minimum atomic E-state index is -0.522. The van der Waals surface area contributed by atoms with E-state index in [0.717, 1.165) is 4.90 Å². The first-order valence-corrected chi connectivity index (χ1v) is 9.23. The molecular weight excluding hydrogens is 366 g/mol. The summed E-state index contributed by atoms with van der Waals surface area (Å²) in [5, 5.41) is 2.62. The first kappa shape index (κ1) is 19.0. The number of hydrogen-bond acceptors (Lipinski definition) is 6. The topological polar surface area (TPSA) is 81.7 Å². The lowest BCUT2D eigenvalue weighted by atomic mass is 10.1. The zero-order chi connectivity index (χ0) is 19.6. The molecule has 1 N–H and O–H groups in total. The summed E-state index contributed by atoms with van der Waals surface area (Å²) in [5.41, 5.74) is 2.07. The van der Waals surface area contributed by atoms with Crippen LogP contribution in [-0.4, -0.2) is 30.0 Å². The zero-order valence-electron chi connectivity index (χ0n) is 15.2. The van der Waals surface area contributed by atoms with Gasteiger partial charge >= 0.3 is 5.97 Å². The van der Waals surface area contributed by atoms with Gasteiger partial charge in [-0.3, -0.25) is 9.59 Å². The highest BCUT2D eigenvalue weighted by Gasteiger charge is 2.24. The molecule has 0 spiro atoms. The van der Waals surface area contributed by atoms with Crippen molar-refractivity contribution in [1.29, 1.82) is 0 Å². The number of methoxy groups -OCH3 is 1. The largest absolute Gasteiger partial charge is 0.496 e. The number of thioether (sulfide) groups is 1. The van der Waals surface area contributed by atoms with Gasteiger partial charge in [0.15, 0.2) is 5.78 Å². The van der Waals surface area contributed by atoms with Crippen molar-refractivity contribution in [3.05, 3.63) is 53.1 Å². The second-order valence-corrected chi connectivity index (χ2v) is 7.50. The first-order valence-electron chi connectivity index (χ1n) is 8.35. The third-order valence-electron chi connectivity index (χ3n) is 4.19. The van der Waals surface area contributed by atoms with Gasteiger partial charge in [-0.05, 0) is 50.2 Å². The predicted molar refractivity (Wildman–Crippen MR) is 103 cm³/mol. The summed E-state index contributed by atoms with van der Waals surface area (Å²) in [6.07, 6.45) is 0. The SMILES string of the molecule is COc1ccc(C(C)=O)cc1COC(=O)c1ccc2c(c1)NC(=O)C(C)S2. The van der Waals surface area contributed by atoms with Crippen molar-refractivity contribution in [2.45, 2.75) is 30.6 Å². The molecule has 2 aromatic carbocycles. The second kappa shape index (κ2) is 7.84. The summed E-state index contributed by atoms with van der Waals surface area (Å²) in [6, 6.07) is 10.1. The lowest BCUT2D eigenvalue weighted by Crippen LogP contribution is -2.26. The van der Waals surface area contributed by atoms with Gasteiger partial charge in [0.1, 0.15) is 12.4 Å². The molecule has 0 aromatic heterocycles. The fourth-order valence-electron chi connectivity index (χ4n) is 2.67. The van der Waals surface area contributed by atoms with Crippen molar-refractivity contribution < 1.29 is 23.9 Å². The number of ketones is 1. The van der Waals surface area contributed by atoms with Crippen LogP contribution in [0.1, 0.15) is 40.1 Å². The van der Waals surface area contributed by atoms with E-state index in [0.29, 0.717) is 28.1 Å². The maximum Gasteiger partial charge on any atom is 0.338 e. The number of benzene rings is 2. The average molecular weight is 385 g/mol. The number of fused-ring (bicyclic) bond motifs is 1. The Bertz CT molecular complexity index is 925. The van der Waals surface area contributed by atoms with Crippen LogP contribution in [0.2, 0.25) is 0 Å². The molecule has 1 unspecified atom stereocenters. The molecule has 1 amide bonds. The average Bonchev–Trinajstić information content (AvgIpc) is 2.66. The molecule has 3 rings (SSSR count). The Labute approximate surface area is 161 Å². The van der Waals surface area contributed by atoms with Crippen LogP contribution < -0.4 is 10.1 Å². The van der Waals surface area contributed by atoms with E-state index < -0.39 is 5.97 Å². The minimum absolute atomic E-state index is 0.0294. The molecule has 0 saturated heterocycles. The third kappa shape index (κ3) is 4.14. The fourth-order valence-corrected chi connectivity index (χ4v) is 3.60. The van der Waals surface area contributed by atoms with E-state index in [1.165, 1.54) is 25.8 Å². The van der Waals surface area contributed by atoms with Crippen LogP contribution in [0, 0.1) is 0 Å². The number of nitrogens with one attached hydrogen (secondary N) is 1. The van der Waals surface area contributed by atoms with Crippen LogP contribution >= 0.6 is 11.8 Å². The van der Waals surface area contributed by atoms with Gasteiger partial charge in [-0.15, -0.1) is 11.8 Å². The molecule has 7 heteroatoms. The molecule has 6 nitrogen and oxygen atoms in total. The Morgan fingerprint density at radius 2 is 1.89 bits per heavy atom. The summed E-state index contributed by atoms with van der Waals surface area (Å²) in [7, 11) is 1.51. The number of hydrogen-bond donors (Lipinski definition) is 1. The Morgan fingerprint density at radius 3 is 2.59 bits per heavy atom. The molecule has 1 aliphatic heterocycles. The van der Waals surface area contributed by atoms with E-state index >= 15 is 0 Å². The Kier molecular flexibility index (Phi) is 5.51. The Morgan fingerprint density at radius 1 is 1.15 bits per heavy atom. The molecule has 0 aliphatic carbocycles. The zero-order valence-corrected chi connectivity index (χ0v) is 16.0. The number of ether oxygens (including phenoxy) is 2. The van der Waals surface area contributed by atoms with Crippen LogP contribution in [0.25, 0.3) is 0 Å². The van der Waals surface area contributed by atoms with Gasteiger partial charge in [-0.1, -0.05) is 0 Å². The number of carbonyl (C=O) groups excluding carboxylic acids is 3. The molecule has 140 valence electrons. The molecule has 0 radical (unpaired) electrons. The second-order valence-electron chi connectivity index (χ2n) is 6.12. The first-order chi connectivity index (χ1) is 12.9. The molecule has 2 aromatic rings. The molecule has 1 heterocycles. The lowest BCUT2D eigenvalue weighted by molar-refractivity contribution is -0.115. The molecule has 1 aliphatic rings. The van der Waals surface area contributed by atoms with E-state index in [1.807, 2.05) is 6.92 Å². The van der Waals surface area contributed by atoms with Crippen LogP contribution in [0.4, 0.5) is 5.69 Å². The van der Waals surface area contributed by atoms with Crippen LogP contribution in [0.3, 0.4) is 0 Å². The highest BCUT2D eigenvalue weighted by molar-refractivity contribution is 8.00. The van der Waals surface area contributed by atoms with Gasteiger partial charge in [0.25, 0.3) is 0 Å². The van der Waals surface area contributed by atoms with E-state index in [1.54, 1.807) is 36.4 Å². The van der Waals surface area contributed by atoms with Gasteiger partial charge in [0.05, 0.1) is 23.6 Å². The summed E-state index contributed by atoms with van der Waals surface area (Å²) in [5.74, 6) is -0.159. The standard InChI is InChI=1S/C20H19NO5S/c1-11(22)13-4-6-17(25-3)15(8-13)10-26-20(24)14-5-7-18-16(9-14)21-19(23)12(2)27-18/h4-9,12H,10H2,1-3H3,(H,21,23). The van der Waals surface area contributed by atoms with Gasteiger partial charge in [0.2, 0.25) is 5.91 Å².